The molecule has 0 aliphatic heterocycles. The van der Waals surface area contributed by atoms with E-state index in [2.05, 4.69) is 20.9 Å². The summed E-state index contributed by atoms with van der Waals surface area (Å²) in [6.07, 6.45) is -0.653. The van der Waals surface area contributed by atoms with E-state index in [1.165, 1.54) is 4.57 Å². The number of nitrogens with two attached hydrogens (primary N) is 1. The van der Waals surface area contributed by atoms with Crippen LogP contribution in [0.3, 0.4) is 0 Å². The summed E-state index contributed by atoms with van der Waals surface area (Å²) in [4.78, 5) is 13.6. The molecule has 0 bridgehead atoms. The van der Waals surface area contributed by atoms with Crippen molar-refractivity contribution in [3.63, 3.8) is 0 Å². The minimum absolute atomic E-state index is 0.0301. The van der Waals surface area contributed by atoms with Crippen LogP contribution in [0.2, 0.25) is 0 Å². The number of nitrogen functional groups attached to an aromatic ring is 1. The van der Waals surface area contributed by atoms with Gasteiger partial charge in [0.25, 0.3) is 0 Å². The Labute approximate surface area is 94.2 Å². The van der Waals surface area contributed by atoms with E-state index >= 15 is 0 Å². The SMILES string of the molecule is Cc1nc([N+](=O)[O-])c(N)n1CC(O)CBr. The summed E-state index contributed by atoms with van der Waals surface area (Å²) in [5, 5.41) is 20.3. The number of halogens is 1. The number of rotatable bonds is 4. The van der Waals surface area contributed by atoms with Crippen molar-refractivity contribution >= 4 is 27.6 Å². The highest BCUT2D eigenvalue weighted by molar-refractivity contribution is 9.09. The van der Waals surface area contributed by atoms with E-state index < -0.39 is 11.0 Å². The molecule has 1 atom stereocenters. The predicted octanol–water partition coefficient (Wildman–Crippen LogP) is 0.438. The number of aliphatic hydroxyl groups excluding tert-OH is 1. The highest BCUT2D eigenvalue weighted by Crippen LogP contribution is 2.21. The number of aliphatic hydroxyl groups is 1. The average Bonchev–Trinajstić information content (AvgIpc) is 2.45. The molecular formula is C7H11BrN4O3. The number of alkyl halides is 1. The predicted molar refractivity (Wildman–Crippen MR) is 57.8 cm³/mol. The number of aromatic nitrogens is 2. The molecule has 0 saturated heterocycles. The van der Waals surface area contributed by atoms with Crippen LogP contribution in [-0.2, 0) is 6.54 Å². The summed E-state index contributed by atoms with van der Waals surface area (Å²) in [5.41, 5.74) is 5.54. The summed E-state index contributed by atoms with van der Waals surface area (Å²) in [6, 6.07) is 0. The van der Waals surface area contributed by atoms with Crippen molar-refractivity contribution in [2.24, 2.45) is 0 Å². The topological polar surface area (TPSA) is 107 Å². The van der Waals surface area contributed by atoms with Gasteiger partial charge in [0.2, 0.25) is 11.6 Å². The smallest absolute Gasteiger partial charge is 0.390 e. The largest absolute Gasteiger partial charge is 0.406 e. The monoisotopic (exact) mass is 278 g/mol. The Bertz CT molecular complexity index is 379. The first-order valence-electron chi connectivity index (χ1n) is 4.18. The molecule has 1 unspecified atom stereocenters. The van der Waals surface area contributed by atoms with Crippen molar-refractivity contribution in [1.82, 2.24) is 9.55 Å². The molecule has 0 spiro atoms. The Hall–Kier alpha value is -1.15. The van der Waals surface area contributed by atoms with Gasteiger partial charge in [-0.3, -0.25) is 4.57 Å². The number of aryl methyl sites for hydroxylation is 1. The molecule has 0 aliphatic carbocycles. The third-order valence-corrected chi connectivity index (χ3v) is 2.67. The van der Waals surface area contributed by atoms with Gasteiger partial charge in [0.1, 0.15) is 0 Å². The van der Waals surface area contributed by atoms with Crippen molar-refractivity contribution in [3.8, 4) is 0 Å². The first-order chi connectivity index (χ1) is 6.97. The molecule has 0 amide bonds. The highest BCUT2D eigenvalue weighted by Gasteiger charge is 2.23. The molecule has 0 saturated carbocycles. The molecule has 1 aromatic rings. The molecule has 0 radical (unpaired) electrons. The quantitative estimate of drug-likeness (QED) is 0.472. The number of anilines is 1. The number of imidazole rings is 1. The van der Waals surface area contributed by atoms with Crippen molar-refractivity contribution in [2.75, 3.05) is 11.1 Å². The summed E-state index contributed by atoms with van der Waals surface area (Å²) in [7, 11) is 0. The van der Waals surface area contributed by atoms with Crippen molar-refractivity contribution < 1.29 is 10.0 Å². The van der Waals surface area contributed by atoms with Gasteiger partial charge >= 0.3 is 5.82 Å². The number of nitrogens with zero attached hydrogens (tertiary/aromatic N) is 3. The van der Waals surface area contributed by atoms with Gasteiger partial charge in [-0.25, -0.2) is 0 Å². The van der Waals surface area contributed by atoms with E-state index in [1.807, 2.05) is 0 Å². The maximum atomic E-state index is 10.5. The lowest BCUT2D eigenvalue weighted by atomic mass is 10.4. The number of hydrogen-bond acceptors (Lipinski definition) is 5. The standard InChI is InChI=1S/C7H11BrN4O3/c1-4-10-7(12(14)15)6(9)11(4)3-5(13)2-8/h5,13H,2-3,9H2,1H3. The van der Waals surface area contributed by atoms with Gasteiger partial charge in [0.15, 0.2) is 0 Å². The Morgan fingerprint density at radius 3 is 2.80 bits per heavy atom. The van der Waals surface area contributed by atoms with E-state index in [1.54, 1.807) is 6.92 Å². The van der Waals surface area contributed by atoms with Gasteiger partial charge < -0.3 is 21.0 Å². The van der Waals surface area contributed by atoms with Crippen molar-refractivity contribution in [2.45, 2.75) is 19.6 Å². The molecule has 3 N–H and O–H groups in total. The van der Waals surface area contributed by atoms with Crippen LogP contribution in [0.1, 0.15) is 5.82 Å². The second kappa shape index (κ2) is 4.58. The van der Waals surface area contributed by atoms with Crippen LogP contribution in [0, 0.1) is 17.0 Å². The Morgan fingerprint density at radius 2 is 2.40 bits per heavy atom. The fourth-order valence-electron chi connectivity index (χ4n) is 1.19. The second-order valence-corrected chi connectivity index (χ2v) is 3.69. The zero-order valence-electron chi connectivity index (χ0n) is 8.05. The molecule has 1 rings (SSSR count). The summed E-state index contributed by atoms with van der Waals surface area (Å²) < 4.78 is 1.42. The first-order valence-corrected chi connectivity index (χ1v) is 5.30. The second-order valence-electron chi connectivity index (χ2n) is 3.04. The molecule has 1 aromatic heterocycles. The minimum Gasteiger partial charge on any atom is -0.390 e. The van der Waals surface area contributed by atoms with Gasteiger partial charge in [0, 0.05) is 12.3 Å². The Balaban J connectivity index is 3.03. The Kier molecular flexibility index (Phi) is 3.64. The fourth-order valence-corrected chi connectivity index (χ4v) is 1.40. The molecule has 84 valence electrons. The van der Waals surface area contributed by atoms with Crippen LogP contribution in [0.5, 0.6) is 0 Å². The van der Waals surface area contributed by atoms with Gasteiger partial charge in [-0.05, 0) is 9.91 Å². The molecule has 0 fully saturated rings. The average molecular weight is 279 g/mol. The van der Waals surface area contributed by atoms with Crippen molar-refractivity contribution in [3.05, 3.63) is 15.9 Å². The van der Waals surface area contributed by atoms with Crippen LogP contribution in [0.4, 0.5) is 11.6 Å². The van der Waals surface area contributed by atoms with E-state index in [0.717, 1.165) is 0 Å². The zero-order chi connectivity index (χ0) is 11.6. The van der Waals surface area contributed by atoms with E-state index in [-0.39, 0.29) is 18.2 Å². The van der Waals surface area contributed by atoms with Gasteiger partial charge in [-0.15, -0.1) is 0 Å². The third-order valence-electron chi connectivity index (χ3n) is 1.92. The van der Waals surface area contributed by atoms with E-state index in [4.69, 9.17) is 5.73 Å². The number of hydrogen-bond donors (Lipinski definition) is 2. The van der Waals surface area contributed by atoms with Crippen LogP contribution in [-0.4, -0.2) is 31.0 Å². The lowest BCUT2D eigenvalue weighted by Gasteiger charge is -2.08. The molecule has 0 aliphatic rings. The van der Waals surface area contributed by atoms with E-state index in [0.29, 0.717) is 11.2 Å². The van der Waals surface area contributed by atoms with Crippen LogP contribution in [0.15, 0.2) is 0 Å². The summed E-state index contributed by atoms with van der Waals surface area (Å²) in [6.45, 7) is 1.79. The van der Waals surface area contributed by atoms with Gasteiger partial charge in [-0.1, -0.05) is 15.9 Å². The minimum atomic E-state index is -0.653. The number of nitro groups is 1. The molecule has 8 heteroatoms. The van der Waals surface area contributed by atoms with Crippen LogP contribution < -0.4 is 5.73 Å². The van der Waals surface area contributed by atoms with E-state index in [9.17, 15) is 15.2 Å². The van der Waals surface area contributed by atoms with Crippen LogP contribution in [0.25, 0.3) is 0 Å². The molecular weight excluding hydrogens is 268 g/mol. The maximum Gasteiger partial charge on any atom is 0.406 e. The zero-order valence-corrected chi connectivity index (χ0v) is 9.64. The maximum absolute atomic E-state index is 10.5. The Morgan fingerprint density at radius 1 is 1.80 bits per heavy atom. The first kappa shape index (κ1) is 11.9. The normalized spacial score (nSPS) is 12.7. The summed E-state index contributed by atoms with van der Waals surface area (Å²) >= 11 is 3.10. The van der Waals surface area contributed by atoms with Gasteiger partial charge in [0.05, 0.1) is 12.6 Å². The molecule has 15 heavy (non-hydrogen) atoms. The third kappa shape index (κ3) is 2.45. The van der Waals surface area contributed by atoms with Gasteiger partial charge in [-0.2, -0.15) is 0 Å². The molecule has 1 heterocycles. The lowest BCUT2D eigenvalue weighted by Crippen LogP contribution is -2.19. The summed E-state index contributed by atoms with van der Waals surface area (Å²) in [5.74, 6) is 0.0194. The van der Waals surface area contributed by atoms with Crippen LogP contribution >= 0.6 is 15.9 Å². The highest BCUT2D eigenvalue weighted by atomic mass is 79.9. The van der Waals surface area contributed by atoms with Crippen molar-refractivity contribution in [1.29, 1.82) is 0 Å². The molecule has 0 aromatic carbocycles. The lowest BCUT2D eigenvalue weighted by molar-refractivity contribution is -0.388. The molecule has 7 nitrogen and oxygen atoms in total. The fraction of sp³-hybridized carbons (Fsp3) is 0.571.